The predicted octanol–water partition coefficient (Wildman–Crippen LogP) is 1.97. The summed E-state index contributed by atoms with van der Waals surface area (Å²) in [5.74, 6) is 1.02. The van der Waals surface area contributed by atoms with Crippen molar-refractivity contribution in [2.24, 2.45) is 5.16 Å². The van der Waals surface area contributed by atoms with Gasteiger partial charge in [0.15, 0.2) is 5.17 Å². The summed E-state index contributed by atoms with van der Waals surface area (Å²) >= 11 is 5.54. The van der Waals surface area contributed by atoms with Gasteiger partial charge in [-0.15, -0.1) is 0 Å². The summed E-state index contributed by atoms with van der Waals surface area (Å²) in [6, 6.07) is 0. The van der Waals surface area contributed by atoms with Gasteiger partial charge in [-0.3, -0.25) is 0 Å². The number of halogens is 1. The molecule has 5 heteroatoms. The Morgan fingerprint density at radius 2 is 2.00 bits per heavy atom. The smallest absolute Gasteiger partial charge is 0.178 e. The maximum atomic E-state index is 8.37. The predicted molar refractivity (Wildman–Crippen MR) is 50.3 cm³/mol. The zero-order chi connectivity index (χ0) is 9.84. The minimum Gasteiger partial charge on any atom is -0.410 e. The third-order valence-corrected chi connectivity index (χ3v) is 1.81. The van der Waals surface area contributed by atoms with Crippen molar-refractivity contribution in [3.8, 4) is 0 Å². The summed E-state index contributed by atoms with van der Waals surface area (Å²) < 4.78 is 0. The molecule has 0 saturated carbocycles. The van der Waals surface area contributed by atoms with Crippen LogP contribution in [0.15, 0.2) is 17.5 Å². The van der Waals surface area contributed by atoms with Crippen molar-refractivity contribution >= 4 is 16.8 Å². The largest absolute Gasteiger partial charge is 0.410 e. The zero-order valence-corrected chi connectivity index (χ0v) is 8.15. The van der Waals surface area contributed by atoms with E-state index in [0.29, 0.717) is 5.56 Å². The van der Waals surface area contributed by atoms with Gasteiger partial charge in [0, 0.05) is 18.3 Å². The zero-order valence-electron chi connectivity index (χ0n) is 7.40. The third kappa shape index (κ3) is 2.39. The Morgan fingerprint density at radius 1 is 1.46 bits per heavy atom. The number of hydrogen-bond acceptors (Lipinski definition) is 4. The molecule has 0 bridgehead atoms. The summed E-state index contributed by atoms with van der Waals surface area (Å²) in [4.78, 5) is 8.12. The molecule has 0 unspecified atom stereocenters. The van der Waals surface area contributed by atoms with Gasteiger partial charge >= 0.3 is 0 Å². The molecule has 0 radical (unpaired) electrons. The molecule has 1 aromatic rings. The maximum absolute atomic E-state index is 8.37. The lowest BCUT2D eigenvalue weighted by atomic mass is 10.2. The van der Waals surface area contributed by atoms with Crippen LogP contribution >= 0.6 is 11.6 Å². The summed E-state index contributed by atoms with van der Waals surface area (Å²) in [7, 11) is 0. The van der Waals surface area contributed by atoms with Crippen molar-refractivity contribution < 1.29 is 5.21 Å². The van der Waals surface area contributed by atoms with E-state index in [0.717, 1.165) is 5.82 Å². The molecule has 0 atom stereocenters. The van der Waals surface area contributed by atoms with Gasteiger partial charge in [-0.2, -0.15) is 0 Å². The summed E-state index contributed by atoms with van der Waals surface area (Å²) in [5.41, 5.74) is 0.508. The highest BCUT2D eigenvalue weighted by atomic mass is 35.5. The Hall–Kier alpha value is -1.16. The lowest BCUT2D eigenvalue weighted by Gasteiger charge is -2.02. The third-order valence-electron chi connectivity index (χ3n) is 1.51. The van der Waals surface area contributed by atoms with Crippen LogP contribution < -0.4 is 0 Å². The van der Waals surface area contributed by atoms with Crippen molar-refractivity contribution in [3.63, 3.8) is 0 Å². The topological polar surface area (TPSA) is 58.4 Å². The minimum atomic E-state index is -0.00435. The number of aromatic nitrogens is 2. The summed E-state index contributed by atoms with van der Waals surface area (Å²) in [6.45, 7) is 3.99. The summed E-state index contributed by atoms with van der Waals surface area (Å²) in [6.07, 6.45) is 3.06. The van der Waals surface area contributed by atoms with E-state index in [9.17, 15) is 0 Å². The van der Waals surface area contributed by atoms with Crippen LogP contribution in [0.2, 0.25) is 0 Å². The first-order valence-electron chi connectivity index (χ1n) is 3.85. The van der Waals surface area contributed by atoms with Crippen LogP contribution in [0, 0.1) is 0 Å². The molecule has 1 rings (SSSR count). The van der Waals surface area contributed by atoms with Gasteiger partial charge in [-0.25, -0.2) is 9.97 Å². The molecule has 0 saturated heterocycles. The van der Waals surface area contributed by atoms with E-state index in [1.165, 1.54) is 12.4 Å². The molecule has 1 heterocycles. The molecule has 0 aliphatic rings. The Kier molecular flexibility index (Phi) is 3.19. The van der Waals surface area contributed by atoms with E-state index >= 15 is 0 Å². The van der Waals surface area contributed by atoms with Crippen LogP contribution in [0.25, 0.3) is 0 Å². The van der Waals surface area contributed by atoms with Crippen LogP contribution in [0.3, 0.4) is 0 Å². The fourth-order valence-electron chi connectivity index (χ4n) is 0.800. The fraction of sp³-hybridized carbons (Fsp3) is 0.375. The standard InChI is InChI=1S/C8H10ClN3O/c1-5(2)8-10-3-6(4-11-8)7(9)12-13/h3-5,13H,1-2H3/b12-7-. The molecule has 0 spiro atoms. The Bertz CT molecular complexity index is 308. The van der Waals surface area contributed by atoms with Gasteiger partial charge in [0.1, 0.15) is 5.82 Å². The second-order valence-corrected chi connectivity index (χ2v) is 3.23. The van der Waals surface area contributed by atoms with Crippen LogP contribution in [0.5, 0.6) is 0 Å². The molecule has 1 aromatic heterocycles. The van der Waals surface area contributed by atoms with Crippen LogP contribution in [0.4, 0.5) is 0 Å². The molecular weight excluding hydrogens is 190 g/mol. The van der Waals surface area contributed by atoms with E-state index in [1.807, 2.05) is 13.8 Å². The first kappa shape index (κ1) is 9.92. The first-order valence-corrected chi connectivity index (χ1v) is 4.22. The molecule has 0 fully saturated rings. The van der Waals surface area contributed by atoms with Gasteiger partial charge in [-0.05, 0) is 0 Å². The first-order chi connectivity index (χ1) is 6.15. The lowest BCUT2D eigenvalue weighted by molar-refractivity contribution is 0.321. The van der Waals surface area contributed by atoms with E-state index in [2.05, 4.69) is 15.1 Å². The fourth-order valence-corrected chi connectivity index (χ4v) is 0.898. The van der Waals surface area contributed by atoms with Crippen molar-refractivity contribution in [2.75, 3.05) is 0 Å². The van der Waals surface area contributed by atoms with Gasteiger partial charge in [-0.1, -0.05) is 30.6 Å². The van der Waals surface area contributed by atoms with E-state index < -0.39 is 0 Å². The van der Waals surface area contributed by atoms with Crippen molar-refractivity contribution in [1.82, 2.24) is 9.97 Å². The number of hydrogen-bond donors (Lipinski definition) is 1. The van der Waals surface area contributed by atoms with Crippen LogP contribution in [0.1, 0.15) is 31.2 Å². The molecule has 0 aliphatic heterocycles. The van der Waals surface area contributed by atoms with Crippen molar-refractivity contribution in [2.45, 2.75) is 19.8 Å². The Balaban J connectivity index is 2.94. The summed E-state index contributed by atoms with van der Waals surface area (Å²) in [5, 5.41) is 11.2. The van der Waals surface area contributed by atoms with E-state index in [4.69, 9.17) is 16.8 Å². The average molecular weight is 200 g/mol. The lowest BCUT2D eigenvalue weighted by Crippen LogP contribution is -2.00. The van der Waals surface area contributed by atoms with Crippen LogP contribution in [-0.2, 0) is 0 Å². The van der Waals surface area contributed by atoms with Gasteiger partial charge in [0.25, 0.3) is 0 Å². The van der Waals surface area contributed by atoms with Gasteiger partial charge in [0.05, 0.1) is 5.56 Å². The quantitative estimate of drug-likeness (QED) is 0.450. The van der Waals surface area contributed by atoms with E-state index in [1.54, 1.807) is 0 Å². The SMILES string of the molecule is CC(C)c1ncc(/C(Cl)=N/O)cn1. The number of nitrogens with zero attached hydrogens (tertiary/aromatic N) is 3. The maximum Gasteiger partial charge on any atom is 0.178 e. The Morgan fingerprint density at radius 3 is 2.38 bits per heavy atom. The van der Waals surface area contributed by atoms with E-state index in [-0.39, 0.29) is 11.1 Å². The van der Waals surface area contributed by atoms with Gasteiger partial charge in [0.2, 0.25) is 0 Å². The molecular formula is C8H10ClN3O. The molecule has 13 heavy (non-hydrogen) atoms. The molecule has 0 aromatic carbocycles. The second kappa shape index (κ2) is 4.18. The highest BCUT2D eigenvalue weighted by Crippen LogP contribution is 2.09. The normalized spacial score (nSPS) is 12.2. The second-order valence-electron chi connectivity index (χ2n) is 2.88. The average Bonchev–Trinajstić information content (AvgIpc) is 2.17. The molecule has 0 aliphatic carbocycles. The number of oxime groups is 1. The molecule has 70 valence electrons. The number of rotatable bonds is 2. The Labute approximate surface area is 81.3 Å². The molecule has 0 amide bonds. The monoisotopic (exact) mass is 199 g/mol. The minimum absolute atomic E-state index is 0.00435. The van der Waals surface area contributed by atoms with Gasteiger partial charge < -0.3 is 5.21 Å². The highest BCUT2D eigenvalue weighted by molar-refractivity contribution is 6.69. The highest BCUT2D eigenvalue weighted by Gasteiger charge is 2.04. The van der Waals surface area contributed by atoms with Crippen LogP contribution in [-0.4, -0.2) is 20.3 Å². The molecule has 4 nitrogen and oxygen atoms in total. The molecule has 1 N–H and O–H groups in total. The van der Waals surface area contributed by atoms with Crippen molar-refractivity contribution in [3.05, 3.63) is 23.8 Å². The van der Waals surface area contributed by atoms with Crippen molar-refractivity contribution in [1.29, 1.82) is 0 Å².